The maximum Gasteiger partial charge on any atom is 0.231 e. The molecule has 86 valence electrons. The number of benzene rings is 2. The van der Waals surface area contributed by atoms with Crippen LogP contribution in [0.5, 0.6) is 0 Å². The number of furan rings is 1. The van der Waals surface area contributed by atoms with Crippen molar-refractivity contribution in [3.63, 3.8) is 0 Å². The van der Waals surface area contributed by atoms with Gasteiger partial charge in [0.1, 0.15) is 5.58 Å². The zero-order valence-corrected chi connectivity index (χ0v) is 10.2. The van der Waals surface area contributed by atoms with E-state index < -0.39 is 0 Å². The molecule has 0 unspecified atom stereocenters. The first-order valence-electron chi connectivity index (χ1n) is 5.68. The highest BCUT2D eigenvalue weighted by Crippen LogP contribution is 2.32. The lowest BCUT2D eigenvalue weighted by atomic mass is 10.2. The van der Waals surface area contributed by atoms with Crippen molar-refractivity contribution in [2.45, 2.75) is 0 Å². The van der Waals surface area contributed by atoms with Crippen LogP contribution in [-0.2, 0) is 0 Å². The fourth-order valence-electron chi connectivity index (χ4n) is 2.25. The smallest absolute Gasteiger partial charge is 0.231 e. The second-order valence-corrected chi connectivity index (χ2v) is 5.24. The van der Waals surface area contributed by atoms with Gasteiger partial charge in [0, 0.05) is 15.5 Å². The van der Waals surface area contributed by atoms with Gasteiger partial charge in [-0.1, -0.05) is 24.3 Å². The average molecular weight is 252 g/mol. The van der Waals surface area contributed by atoms with Crippen molar-refractivity contribution in [3.05, 3.63) is 58.8 Å². The minimum Gasteiger partial charge on any atom is -0.451 e. The number of hydrogen-bond donors (Lipinski definition) is 0. The van der Waals surface area contributed by atoms with E-state index >= 15 is 0 Å². The molecule has 3 heteroatoms. The van der Waals surface area contributed by atoms with Crippen molar-refractivity contribution in [1.29, 1.82) is 0 Å². The minimum atomic E-state index is -0.0180. The average Bonchev–Trinajstić information content (AvgIpc) is 2.79. The predicted molar refractivity (Wildman–Crippen MR) is 75.4 cm³/mol. The van der Waals surface area contributed by atoms with Crippen LogP contribution in [0.4, 0.5) is 0 Å². The van der Waals surface area contributed by atoms with Gasteiger partial charge in [0.05, 0.1) is 4.70 Å². The number of para-hydroxylation sites is 1. The molecule has 18 heavy (non-hydrogen) atoms. The van der Waals surface area contributed by atoms with E-state index in [-0.39, 0.29) is 5.43 Å². The SMILES string of the molecule is O=c1c2ccccc2sc2c1oc1ccccc12. The summed E-state index contributed by atoms with van der Waals surface area (Å²) < 4.78 is 7.63. The quantitative estimate of drug-likeness (QED) is 0.470. The molecule has 2 heterocycles. The van der Waals surface area contributed by atoms with E-state index in [0.717, 1.165) is 25.8 Å². The first-order chi connectivity index (χ1) is 8.84. The van der Waals surface area contributed by atoms with Gasteiger partial charge >= 0.3 is 0 Å². The first-order valence-corrected chi connectivity index (χ1v) is 6.49. The van der Waals surface area contributed by atoms with E-state index in [1.54, 1.807) is 11.3 Å². The fourth-order valence-corrected chi connectivity index (χ4v) is 3.39. The zero-order chi connectivity index (χ0) is 12.1. The molecule has 0 radical (unpaired) electrons. The Kier molecular flexibility index (Phi) is 1.88. The zero-order valence-electron chi connectivity index (χ0n) is 9.34. The Balaban J connectivity index is 2.38. The maximum atomic E-state index is 12.4. The molecule has 4 aromatic rings. The van der Waals surface area contributed by atoms with Crippen LogP contribution in [-0.4, -0.2) is 0 Å². The lowest BCUT2D eigenvalue weighted by molar-refractivity contribution is 0.667. The molecule has 0 N–H and O–H groups in total. The summed E-state index contributed by atoms with van der Waals surface area (Å²) >= 11 is 1.61. The molecule has 0 saturated carbocycles. The van der Waals surface area contributed by atoms with Crippen LogP contribution < -0.4 is 5.43 Å². The Morgan fingerprint density at radius 3 is 2.50 bits per heavy atom. The third-order valence-corrected chi connectivity index (χ3v) is 4.29. The molecule has 2 nitrogen and oxygen atoms in total. The second-order valence-electron chi connectivity index (χ2n) is 4.18. The summed E-state index contributed by atoms with van der Waals surface area (Å²) in [5.74, 6) is 0. The van der Waals surface area contributed by atoms with E-state index in [1.807, 2.05) is 48.5 Å². The topological polar surface area (TPSA) is 30.2 Å². The second kappa shape index (κ2) is 3.43. The number of hydrogen-bond acceptors (Lipinski definition) is 3. The standard InChI is InChI=1S/C15H8O2S/c16-13-10-6-2-4-8-12(10)18-15-9-5-1-3-7-11(9)17-14(13)15/h1-8H. The molecule has 0 saturated heterocycles. The van der Waals surface area contributed by atoms with Gasteiger partial charge in [0.2, 0.25) is 5.43 Å². The molecule has 0 fully saturated rings. The van der Waals surface area contributed by atoms with E-state index in [9.17, 15) is 4.79 Å². The summed E-state index contributed by atoms with van der Waals surface area (Å²) in [5, 5.41) is 1.74. The molecular weight excluding hydrogens is 244 g/mol. The Bertz CT molecular complexity index is 947. The third-order valence-electron chi connectivity index (χ3n) is 3.10. The minimum absolute atomic E-state index is 0.0180. The largest absolute Gasteiger partial charge is 0.451 e. The van der Waals surface area contributed by atoms with Crippen LogP contribution in [0, 0.1) is 0 Å². The lowest BCUT2D eigenvalue weighted by Crippen LogP contribution is -1.98. The molecule has 0 amide bonds. The lowest BCUT2D eigenvalue weighted by Gasteiger charge is -1.94. The molecule has 0 aliphatic heterocycles. The van der Waals surface area contributed by atoms with Gasteiger partial charge in [-0.2, -0.15) is 0 Å². The summed E-state index contributed by atoms with van der Waals surface area (Å²) in [6.45, 7) is 0. The van der Waals surface area contributed by atoms with Crippen molar-refractivity contribution >= 4 is 42.7 Å². The van der Waals surface area contributed by atoms with Crippen molar-refractivity contribution < 1.29 is 4.42 Å². The predicted octanol–water partition coefficient (Wildman–Crippen LogP) is 4.16. The molecule has 4 rings (SSSR count). The molecule has 0 aliphatic rings. The highest BCUT2D eigenvalue weighted by atomic mass is 32.1. The first kappa shape index (κ1) is 9.85. The van der Waals surface area contributed by atoms with E-state index in [4.69, 9.17) is 4.42 Å². The van der Waals surface area contributed by atoms with Crippen molar-refractivity contribution in [2.75, 3.05) is 0 Å². The Hall–Kier alpha value is -2.13. The van der Waals surface area contributed by atoms with E-state index in [1.165, 1.54) is 0 Å². The van der Waals surface area contributed by atoms with Gasteiger partial charge in [-0.05, 0) is 24.3 Å². The van der Waals surface area contributed by atoms with Crippen LogP contribution in [0.2, 0.25) is 0 Å². The number of fused-ring (bicyclic) bond motifs is 4. The monoisotopic (exact) mass is 252 g/mol. The highest BCUT2D eigenvalue weighted by Gasteiger charge is 2.12. The molecule has 2 aromatic heterocycles. The van der Waals surface area contributed by atoms with Crippen LogP contribution in [0.15, 0.2) is 57.7 Å². The van der Waals surface area contributed by atoms with Crippen LogP contribution in [0.3, 0.4) is 0 Å². The maximum absolute atomic E-state index is 12.4. The molecule has 2 aromatic carbocycles. The molecule has 0 atom stereocenters. The number of rotatable bonds is 0. The molecular formula is C15H8O2S. The van der Waals surface area contributed by atoms with Gasteiger partial charge < -0.3 is 4.42 Å². The van der Waals surface area contributed by atoms with E-state index in [0.29, 0.717) is 5.58 Å². The van der Waals surface area contributed by atoms with Crippen LogP contribution in [0.25, 0.3) is 31.3 Å². The van der Waals surface area contributed by atoms with Gasteiger partial charge in [-0.15, -0.1) is 11.3 Å². The third kappa shape index (κ3) is 1.19. The Morgan fingerprint density at radius 2 is 1.61 bits per heavy atom. The van der Waals surface area contributed by atoms with Gasteiger partial charge in [-0.25, -0.2) is 0 Å². The highest BCUT2D eigenvalue weighted by molar-refractivity contribution is 7.25. The van der Waals surface area contributed by atoms with Crippen molar-refractivity contribution in [3.8, 4) is 0 Å². The van der Waals surface area contributed by atoms with Crippen LogP contribution in [0.1, 0.15) is 0 Å². The molecule has 0 aliphatic carbocycles. The normalized spacial score (nSPS) is 11.6. The summed E-state index contributed by atoms with van der Waals surface area (Å²) in [6.07, 6.45) is 0. The van der Waals surface area contributed by atoms with Crippen molar-refractivity contribution in [1.82, 2.24) is 0 Å². The van der Waals surface area contributed by atoms with Crippen LogP contribution >= 0.6 is 11.3 Å². The Morgan fingerprint density at radius 1 is 0.889 bits per heavy atom. The van der Waals surface area contributed by atoms with E-state index in [2.05, 4.69) is 0 Å². The summed E-state index contributed by atoms with van der Waals surface area (Å²) in [4.78, 5) is 12.4. The molecule has 0 bridgehead atoms. The Labute approximate surface area is 106 Å². The van der Waals surface area contributed by atoms with Gasteiger partial charge in [0.15, 0.2) is 5.58 Å². The summed E-state index contributed by atoms with van der Waals surface area (Å²) in [7, 11) is 0. The summed E-state index contributed by atoms with van der Waals surface area (Å²) in [5.41, 5.74) is 1.23. The van der Waals surface area contributed by atoms with Gasteiger partial charge in [-0.3, -0.25) is 4.79 Å². The summed E-state index contributed by atoms with van der Waals surface area (Å²) in [6, 6.07) is 15.4. The van der Waals surface area contributed by atoms with Gasteiger partial charge in [0.25, 0.3) is 0 Å². The van der Waals surface area contributed by atoms with Crippen molar-refractivity contribution in [2.24, 2.45) is 0 Å². The molecule has 0 spiro atoms. The fraction of sp³-hybridized carbons (Fsp3) is 0.